The molecule has 0 saturated heterocycles. The number of anilines is 1. The molecule has 0 aliphatic heterocycles. The Kier molecular flexibility index (Phi) is 6.85. The maximum Gasteiger partial charge on any atom is 0.235 e. The van der Waals surface area contributed by atoms with Gasteiger partial charge in [-0.3, -0.25) is 9.52 Å². The fraction of sp³-hybridized carbons (Fsp3) is 0.259. The highest BCUT2D eigenvalue weighted by Gasteiger charge is 2.28. The van der Waals surface area contributed by atoms with Crippen LogP contribution in [0, 0.1) is 5.82 Å². The molecule has 0 amide bonds. The number of carbonyl (C=O) groups excluding carboxylic acids is 1. The lowest BCUT2D eigenvalue weighted by Gasteiger charge is -2.22. The number of aromatic amines is 1. The van der Waals surface area contributed by atoms with Crippen LogP contribution in [-0.4, -0.2) is 35.7 Å². The van der Waals surface area contributed by atoms with Crippen LogP contribution >= 0.6 is 11.8 Å². The number of fused-ring (bicyclic) bond motifs is 1. The van der Waals surface area contributed by atoms with Crippen molar-refractivity contribution in [2.45, 2.75) is 42.2 Å². The van der Waals surface area contributed by atoms with Gasteiger partial charge < -0.3 is 4.98 Å². The van der Waals surface area contributed by atoms with Crippen LogP contribution in [0.1, 0.15) is 48.0 Å². The Labute approximate surface area is 213 Å². The van der Waals surface area contributed by atoms with Gasteiger partial charge in [0.25, 0.3) is 0 Å². The second-order valence-corrected chi connectivity index (χ2v) is 11.8. The number of ketones is 1. The minimum Gasteiger partial charge on any atom is -0.345 e. The van der Waals surface area contributed by atoms with E-state index in [0.717, 1.165) is 41.4 Å². The highest BCUT2D eigenvalue weighted by Crippen LogP contribution is 2.30. The van der Waals surface area contributed by atoms with Gasteiger partial charge in [0.2, 0.25) is 10.0 Å². The van der Waals surface area contributed by atoms with Crippen LogP contribution in [0.3, 0.4) is 0 Å². The molecular formula is C27H26FN3O3S2. The number of halogens is 1. The first-order valence-electron chi connectivity index (χ1n) is 11.8. The molecule has 2 aromatic heterocycles. The van der Waals surface area contributed by atoms with Crippen molar-refractivity contribution in [1.29, 1.82) is 0 Å². The predicted molar refractivity (Wildman–Crippen MR) is 143 cm³/mol. The smallest absolute Gasteiger partial charge is 0.235 e. The van der Waals surface area contributed by atoms with Crippen LogP contribution in [0.4, 0.5) is 10.1 Å². The molecular weight excluding hydrogens is 497 g/mol. The first kappa shape index (κ1) is 24.5. The molecule has 0 radical (unpaired) electrons. The third-order valence-corrected chi connectivity index (χ3v) is 9.24. The van der Waals surface area contributed by atoms with Crippen LogP contribution in [0.5, 0.6) is 0 Å². The van der Waals surface area contributed by atoms with Crippen LogP contribution in [-0.2, 0) is 10.0 Å². The van der Waals surface area contributed by atoms with Crippen LogP contribution in [0.25, 0.3) is 22.2 Å². The normalized spacial score (nSPS) is 14.7. The molecule has 0 unspecified atom stereocenters. The van der Waals surface area contributed by atoms with E-state index in [-0.39, 0.29) is 16.8 Å². The molecule has 6 nitrogen and oxygen atoms in total. The Balaban J connectivity index is 1.48. The van der Waals surface area contributed by atoms with Gasteiger partial charge in [0.15, 0.2) is 5.78 Å². The van der Waals surface area contributed by atoms with E-state index in [1.807, 2.05) is 36.6 Å². The Bertz CT molecular complexity index is 1540. The minimum atomic E-state index is -3.62. The predicted octanol–water partition coefficient (Wildman–Crippen LogP) is 6.40. The third-order valence-electron chi connectivity index (χ3n) is 6.64. The Morgan fingerprint density at radius 2 is 1.86 bits per heavy atom. The second kappa shape index (κ2) is 10.1. The number of pyridine rings is 1. The SMILES string of the molecule is CSc1cccc(-c2cnc3[nH]cc(C(=O)c4cc(NS(=O)(=O)C5CCCCC5)ccc4F)c3c2)c1. The molecule has 5 rings (SSSR count). The molecule has 0 bridgehead atoms. The summed E-state index contributed by atoms with van der Waals surface area (Å²) in [6, 6.07) is 13.6. The van der Waals surface area contributed by atoms with E-state index in [2.05, 4.69) is 14.7 Å². The van der Waals surface area contributed by atoms with E-state index in [1.165, 1.54) is 18.3 Å². The average molecular weight is 524 g/mol. The van der Waals surface area contributed by atoms with Crippen molar-refractivity contribution < 1.29 is 17.6 Å². The second-order valence-electron chi connectivity index (χ2n) is 8.99. The Morgan fingerprint density at radius 3 is 2.64 bits per heavy atom. The van der Waals surface area contributed by atoms with Crippen molar-refractivity contribution in [1.82, 2.24) is 9.97 Å². The van der Waals surface area contributed by atoms with E-state index in [9.17, 15) is 17.6 Å². The van der Waals surface area contributed by atoms with Crippen molar-refractivity contribution >= 4 is 44.3 Å². The molecule has 9 heteroatoms. The number of aromatic nitrogens is 2. The molecule has 2 heterocycles. The number of hydrogen-bond donors (Lipinski definition) is 2. The monoisotopic (exact) mass is 523 g/mol. The van der Waals surface area contributed by atoms with Gasteiger partial charge >= 0.3 is 0 Å². The lowest BCUT2D eigenvalue weighted by Crippen LogP contribution is -2.29. The summed E-state index contributed by atoms with van der Waals surface area (Å²) >= 11 is 1.63. The number of sulfonamides is 1. The van der Waals surface area contributed by atoms with Crippen molar-refractivity contribution in [2.75, 3.05) is 11.0 Å². The largest absolute Gasteiger partial charge is 0.345 e. The summed E-state index contributed by atoms with van der Waals surface area (Å²) in [7, 11) is -3.62. The van der Waals surface area contributed by atoms with Gasteiger partial charge in [-0.1, -0.05) is 31.4 Å². The minimum absolute atomic E-state index is 0.179. The fourth-order valence-corrected chi connectivity index (χ4v) is 6.72. The molecule has 0 atom stereocenters. The highest BCUT2D eigenvalue weighted by molar-refractivity contribution is 7.98. The number of thioether (sulfide) groups is 1. The molecule has 1 saturated carbocycles. The summed E-state index contributed by atoms with van der Waals surface area (Å²) in [6.07, 6.45) is 9.23. The van der Waals surface area contributed by atoms with E-state index >= 15 is 0 Å². The maximum atomic E-state index is 14.8. The quantitative estimate of drug-likeness (QED) is 0.216. The lowest BCUT2D eigenvalue weighted by atomic mass is 10.0. The first-order chi connectivity index (χ1) is 17.4. The number of carbonyl (C=O) groups is 1. The Hall–Kier alpha value is -3.17. The van der Waals surface area contributed by atoms with Crippen molar-refractivity contribution in [3.05, 3.63) is 77.9 Å². The number of rotatable bonds is 7. The summed E-state index contributed by atoms with van der Waals surface area (Å²) < 4.78 is 43.0. The molecule has 186 valence electrons. The van der Waals surface area contributed by atoms with Gasteiger partial charge in [-0.25, -0.2) is 17.8 Å². The zero-order chi connectivity index (χ0) is 25.3. The molecule has 0 spiro atoms. The number of nitrogens with zero attached hydrogens (tertiary/aromatic N) is 1. The molecule has 1 aliphatic rings. The maximum absolute atomic E-state index is 14.8. The van der Waals surface area contributed by atoms with Crippen molar-refractivity contribution in [2.24, 2.45) is 0 Å². The molecule has 1 fully saturated rings. The summed E-state index contributed by atoms with van der Waals surface area (Å²) in [5, 5.41) is 0.0952. The van der Waals surface area contributed by atoms with Gasteiger partial charge in [0.1, 0.15) is 11.5 Å². The number of nitrogens with one attached hydrogen (secondary N) is 2. The van der Waals surface area contributed by atoms with Crippen LogP contribution in [0.2, 0.25) is 0 Å². The summed E-state index contributed by atoms with van der Waals surface area (Å²) in [6.45, 7) is 0. The van der Waals surface area contributed by atoms with Crippen LogP contribution in [0.15, 0.2) is 65.8 Å². The van der Waals surface area contributed by atoms with Gasteiger partial charge in [0, 0.05) is 39.5 Å². The lowest BCUT2D eigenvalue weighted by molar-refractivity contribution is 0.103. The van der Waals surface area contributed by atoms with E-state index in [1.54, 1.807) is 18.0 Å². The summed E-state index contributed by atoms with van der Waals surface area (Å²) in [4.78, 5) is 22.0. The standard InChI is InChI=1S/C27H26FN3O3S2/c1-35-20-7-5-6-17(12-20)18-13-22-24(16-30-27(22)29-15-18)26(32)23-14-19(10-11-25(23)28)31-36(33,34)21-8-3-2-4-9-21/h5-7,10-16,21,31H,2-4,8-9H2,1H3,(H,29,30). The van der Waals surface area contributed by atoms with Crippen molar-refractivity contribution in [3.63, 3.8) is 0 Å². The van der Waals surface area contributed by atoms with Gasteiger partial charge in [-0.15, -0.1) is 11.8 Å². The summed E-state index contributed by atoms with van der Waals surface area (Å²) in [5.74, 6) is -1.26. The molecule has 2 aromatic carbocycles. The van der Waals surface area contributed by atoms with Crippen LogP contribution < -0.4 is 4.72 Å². The van der Waals surface area contributed by atoms with E-state index in [4.69, 9.17) is 0 Å². The Morgan fingerprint density at radius 1 is 1.06 bits per heavy atom. The third kappa shape index (κ3) is 4.90. The number of benzene rings is 2. The molecule has 1 aliphatic carbocycles. The molecule has 4 aromatic rings. The van der Waals surface area contributed by atoms with Gasteiger partial charge in [-0.2, -0.15) is 0 Å². The molecule has 2 N–H and O–H groups in total. The number of H-pyrrole nitrogens is 1. The average Bonchev–Trinajstić information content (AvgIpc) is 3.33. The van der Waals surface area contributed by atoms with E-state index < -0.39 is 26.9 Å². The molecule has 36 heavy (non-hydrogen) atoms. The summed E-state index contributed by atoms with van der Waals surface area (Å²) in [5.41, 5.74) is 2.55. The van der Waals surface area contributed by atoms with Crippen molar-refractivity contribution in [3.8, 4) is 11.1 Å². The van der Waals surface area contributed by atoms with Gasteiger partial charge in [0.05, 0.1) is 10.8 Å². The van der Waals surface area contributed by atoms with Gasteiger partial charge in [-0.05, 0) is 61.1 Å². The zero-order valence-corrected chi connectivity index (χ0v) is 21.4. The number of hydrogen-bond acceptors (Lipinski definition) is 5. The topological polar surface area (TPSA) is 91.9 Å². The zero-order valence-electron chi connectivity index (χ0n) is 19.8. The van der Waals surface area contributed by atoms with E-state index in [0.29, 0.717) is 23.9 Å². The highest BCUT2D eigenvalue weighted by atomic mass is 32.2. The fourth-order valence-electron chi connectivity index (χ4n) is 4.68. The first-order valence-corrected chi connectivity index (χ1v) is 14.6.